The minimum absolute atomic E-state index is 0.142. The number of aryl methyl sites for hydroxylation is 1. The lowest BCUT2D eigenvalue weighted by atomic mass is 9.96. The Labute approximate surface area is 145 Å². The van der Waals surface area contributed by atoms with Gasteiger partial charge >= 0.3 is 11.9 Å². The summed E-state index contributed by atoms with van der Waals surface area (Å²) in [5.74, 6) is -2.26. The van der Waals surface area contributed by atoms with Crippen molar-refractivity contribution in [3.8, 4) is 0 Å². The van der Waals surface area contributed by atoms with Gasteiger partial charge in [0, 0.05) is 6.42 Å². The maximum absolute atomic E-state index is 12.8. The minimum atomic E-state index is -1.30. The number of esters is 1. The van der Waals surface area contributed by atoms with E-state index in [1.54, 1.807) is 6.92 Å². The van der Waals surface area contributed by atoms with Crippen LogP contribution in [0.5, 0.6) is 0 Å². The van der Waals surface area contributed by atoms with Crippen molar-refractivity contribution in [1.82, 2.24) is 5.32 Å². The monoisotopic (exact) mass is 343 g/mol. The number of hydrogen-bond donors (Lipinski definition) is 2. The molecule has 0 aromatic heterocycles. The van der Waals surface area contributed by atoms with Gasteiger partial charge in [-0.1, -0.05) is 50.2 Å². The molecule has 1 atom stereocenters. The van der Waals surface area contributed by atoms with Crippen LogP contribution in [0.3, 0.4) is 0 Å². The third-order valence-electron chi connectivity index (χ3n) is 3.93. The molecule has 2 N–H and O–H groups in total. The number of aliphatic carboxylic acids is 1. The largest absolute Gasteiger partial charge is 0.480 e. The molecule has 0 bridgehead atoms. The Morgan fingerprint density at radius 1 is 1.12 bits per heavy atom. The first-order valence-corrected chi connectivity index (χ1v) is 8.17. The average Bonchev–Trinajstić information content (AvgIpc) is 2.63. The SMILES string of the molecule is CCC(=O)OC[C@H](NC(=O)c1c(CC)ccc2ccccc12)C(=O)O. The molecular formula is C19H21NO5. The van der Waals surface area contributed by atoms with Crippen LogP contribution < -0.4 is 5.32 Å². The second kappa shape index (κ2) is 8.28. The maximum atomic E-state index is 12.8. The van der Waals surface area contributed by atoms with Crippen molar-refractivity contribution in [2.24, 2.45) is 0 Å². The van der Waals surface area contributed by atoms with Crippen LogP contribution in [-0.2, 0) is 20.7 Å². The van der Waals surface area contributed by atoms with Crippen molar-refractivity contribution >= 4 is 28.6 Å². The summed E-state index contributed by atoms with van der Waals surface area (Å²) in [7, 11) is 0. The number of carbonyl (C=O) groups excluding carboxylic acids is 2. The zero-order valence-corrected chi connectivity index (χ0v) is 14.2. The Kier molecular flexibility index (Phi) is 6.11. The number of hydrogen-bond acceptors (Lipinski definition) is 4. The van der Waals surface area contributed by atoms with Crippen molar-refractivity contribution in [3.63, 3.8) is 0 Å². The normalized spacial score (nSPS) is 11.8. The van der Waals surface area contributed by atoms with E-state index in [2.05, 4.69) is 5.32 Å². The summed E-state index contributed by atoms with van der Waals surface area (Å²) in [6.07, 6.45) is 0.778. The molecule has 25 heavy (non-hydrogen) atoms. The van der Waals surface area contributed by atoms with E-state index in [0.717, 1.165) is 16.3 Å². The summed E-state index contributed by atoms with van der Waals surface area (Å²) in [4.78, 5) is 35.4. The van der Waals surface area contributed by atoms with Crippen molar-refractivity contribution in [2.75, 3.05) is 6.61 Å². The standard InChI is InChI=1S/C19H21NO5/c1-3-12-9-10-13-7-5-6-8-14(13)17(12)18(22)20-15(19(23)24)11-25-16(21)4-2/h5-10,15H,3-4,11H2,1-2H3,(H,20,22)(H,23,24)/t15-/m0/s1. The molecule has 2 aromatic rings. The summed E-state index contributed by atoms with van der Waals surface area (Å²) in [5, 5.41) is 13.4. The second-order valence-electron chi connectivity index (χ2n) is 5.58. The molecule has 132 valence electrons. The van der Waals surface area contributed by atoms with Gasteiger partial charge in [-0.25, -0.2) is 4.79 Å². The molecule has 0 heterocycles. The van der Waals surface area contributed by atoms with Crippen molar-refractivity contribution in [1.29, 1.82) is 0 Å². The number of carboxylic acid groups (broad SMARTS) is 1. The van der Waals surface area contributed by atoms with Crippen LogP contribution in [0, 0.1) is 0 Å². The number of rotatable bonds is 7. The van der Waals surface area contributed by atoms with Gasteiger partial charge in [-0.3, -0.25) is 9.59 Å². The first-order chi connectivity index (χ1) is 12.0. The van der Waals surface area contributed by atoms with Gasteiger partial charge in [-0.2, -0.15) is 0 Å². The molecule has 0 aliphatic heterocycles. The highest BCUT2D eigenvalue weighted by molar-refractivity contribution is 6.09. The van der Waals surface area contributed by atoms with Crippen LogP contribution in [0.25, 0.3) is 10.8 Å². The summed E-state index contributed by atoms with van der Waals surface area (Å²) >= 11 is 0. The summed E-state index contributed by atoms with van der Waals surface area (Å²) in [5.41, 5.74) is 1.28. The Morgan fingerprint density at radius 2 is 1.84 bits per heavy atom. The van der Waals surface area contributed by atoms with Gasteiger partial charge in [0.25, 0.3) is 5.91 Å². The zero-order valence-electron chi connectivity index (χ0n) is 14.2. The van der Waals surface area contributed by atoms with E-state index in [1.807, 2.05) is 43.3 Å². The number of carbonyl (C=O) groups is 3. The Hall–Kier alpha value is -2.89. The maximum Gasteiger partial charge on any atom is 0.329 e. The van der Waals surface area contributed by atoms with Crippen molar-refractivity contribution in [3.05, 3.63) is 47.5 Å². The number of nitrogens with one attached hydrogen (secondary N) is 1. The fourth-order valence-corrected chi connectivity index (χ4v) is 2.56. The van der Waals surface area contributed by atoms with Gasteiger partial charge in [-0.15, -0.1) is 0 Å². The first-order valence-electron chi connectivity index (χ1n) is 8.17. The highest BCUT2D eigenvalue weighted by atomic mass is 16.5. The van der Waals surface area contributed by atoms with E-state index in [0.29, 0.717) is 12.0 Å². The van der Waals surface area contributed by atoms with E-state index < -0.39 is 30.5 Å². The zero-order chi connectivity index (χ0) is 18.4. The van der Waals surface area contributed by atoms with Crippen molar-refractivity contribution in [2.45, 2.75) is 32.7 Å². The summed E-state index contributed by atoms with van der Waals surface area (Å²) in [6, 6.07) is 9.93. The molecule has 0 radical (unpaired) electrons. The lowest BCUT2D eigenvalue weighted by molar-refractivity contribution is -0.148. The van der Waals surface area contributed by atoms with Crippen LogP contribution in [0.1, 0.15) is 36.2 Å². The lowest BCUT2D eigenvalue weighted by Crippen LogP contribution is -2.44. The van der Waals surface area contributed by atoms with E-state index in [9.17, 15) is 19.5 Å². The molecule has 0 aliphatic rings. The summed E-state index contributed by atoms with van der Waals surface area (Å²) in [6.45, 7) is 3.14. The number of fused-ring (bicyclic) bond motifs is 1. The van der Waals surface area contributed by atoms with E-state index in [-0.39, 0.29) is 6.42 Å². The smallest absolute Gasteiger partial charge is 0.329 e. The molecule has 0 spiro atoms. The van der Waals surface area contributed by atoms with Crippen LogP contribution >= 0.6 is 0 Å². The molecule has 2 aromatic carbocycles. The Balaban J connectivity index is 2.31. The van der Waals surface area contributed by atoms with E-state index in [4.69, 9.17) is 4.74 Å². The van der Waals surface area contributed by atoms with E-state index in [1.165, 1.54) is 0 Å². The second-order valence-corrected chi connectivity index (χ2v) is 5.58. The van der Waals surface area contributed by atoms with Gasteiger partial charge in [0.15, 0.2) is 6.04 Å². The van der Waals surface area contributed by atoms with Gasteiger partial charge in [0.05, 0.1) is 5.56 Å². The molecular weight excluding hydrogens is 322 g/mol. The first kappa shape index (κ1) is 18.4. The van der Waals surface area contributed by atoms with Crippen LogP contribution in [0.4, 0.5) is 0 Å². The number of benzene rings is 2. The van der Waals surface area contributed by atoms with Gasteiger partial charge < -0.3 is 15.2 Å². The van der Waals surface area contributed by atoms with Crippen LogP contribution in [-0.4, -0.2) is 35.6 Å². The summed E-state index contributed by atoms with van der Waals surface area (Å²) < 4.78 is 4.86. The fraction of sp³-hybridized carbons (Fsp3) is 0.316. The molecule has 0 unspecified atom stereocenters. The van der Waals surface area contributed by atoms with Gasteiger partial charge in [0.1, 0.15) is 6.61 Å². The molecule has 1 amide bonds. The third kappa shape index (κ3) is 4.35. The van der Waals surface area contributed by atoms with Crippen molar-refractivity contribution < 1.29 is 24.2 Å². The highest BCUT2D eigenvalue weighted by Gasteiger charge is 2.24. The predicted molar refractivity (Wildman–Crippen MR) is 93.5 cm³/mol. The molecule has 2 rings (SSSR count). The van der Waals surface area contributed by atoms with Gasteiger partial charge in [-0.05, 0) is 22.8 Å². The molecule has 0 saturated carbocycles. The minimum Gasteiger partial charge on any atom is -0.480 e. The fourth-order valence-electron chi connectivity index (χ4n) is 2.56. The predicted octanol–water partition coefficient (Wildman–Crippen LogP) is 2.54. The molecule has 6 heteroatoms. The van der Waals surface area contributed by atoms with Crippen LogP contribution in [0.2, 0.25) is 0 Å². The molecule has 6 nitrogen and oxygen atoms in total. The van der Waals surface area contributed by atoms with Gasteiger partial charge in [0.2, 0.25) is 0 Å². The molecule has 0 fully saturated rings. The van der Waals surface area contributed by atoms with Crippen LogP contribution in [0.15, 0.2) is 36.4 Å². The number of carboxylic acids is 1. The quantitative estimate of drug-likeness (QED) is 0.754. The molecule has 0 aliphatic carbocycles. The average molecular weight is 343 g/mol. The highest BCUT2D eigenvalue weighted by Crippen LogP contribution is 2.23. The molecule has 0 saturated heterocycles. The van der Waals surface area contributed by atoms with E-state index >= 15 is 0 Å². The number of amides is 1. The Bertz CT molecular complexity index is 800. The Morgan fingerprint density at radius 3 is 2.48 bits per heavy atom. The number of ether oxygens (including phenoxy) is 1. The lowest BCUT2D eigenvalue weighted by Gasteiger charge is -2.17. The topological polar surface area (TPSA) is 92.7 Å². The third-order valence-corrected chi connectivity index (χ3v) is 3.93.